The van der Waals surface area contributed by atoms with Crippen molar-refractivity contribution in [3.05, 3.63) is 166 Å². The molecule has 6 aromatic carbocycles. The van der Waals surface area contributed by atoms with Gasteiger partial charge >= 0.3 is 0 Å². The average molecular weight is 821 g/mol. The van der Waals surface area contributed by atoms with Crippen molar-refractivity contribution in [3.8, 4) is 45.7 Å². The van der Waals surface area contributed by atoms with E-state index in [0.717, 1.165) is 37.0 Å². The van der Waals surface area contributed by atoms with Crippen molar-refractivity contribution in [2.24, 2.45) is 0 Å². The zero-order chi connectivity index (χ0) is 36.4. The van der Waals surface area contributed by atoms with E-state index in [-0.39, 0.29) is 0 Å². The zero-order valence-electron chi connectivity index (χ0n) is 29.4. The van der Waals surface area contributed by atoms with Crippen LogP contribution in [0, 0.1) is 18.3 Å². The largest absolute Gasteiger partial charge is 0.309 e. The van der Waals surface area contributed by atoms with Crippen molar-refractivity contribution in [1.29, 1.82) is 5.26 Å². The van der Waals surface area contributed by atoms with Gasteiger partial charge in [-0.3, -0.25) is 0 Å². The fraction of sp³-hybridized carbons (Fsp3) is 0.0889. The molecule has 0 saturated carbocycles. The van der Waals surface area contributed by atoms with Gasteiger partial charge in [-0.15, -0.1) is 0 Å². The van der Waals surface area contributed by atoms with Gasteiger partial charge in [0.2, 0.25) is 0 Å². The number of aryl methyl sites for hydroxylation is 1. The molecule has 8 aromatic rings. The van der Waals surface area contributed by atoms with Crippen molar-refractivity contribution in [1.82, 2.24) is 14.5 Å². The quantitative estimate of drug-likeness (QED) is 0.163. The standard InChI is InChI=1S/C23H14BrN3.C22H22BrNSi/c24-20-11-5-9-18(13-20)22-14-21(17-7-2-1-3-8-17)26-23(27-22)19-10-4-6-16(12-19)15-25;1-15-13-16(9-11-20(15)23)24-21-8-6-5-7-18(21)19-14-17(25(2,3)4)10-12-22(19)24/h1-14H;5-14H,1-4H3. The number of hydrogen-bond acceptors (Lipinski definition) is 3. The summed E-state index contributed by atoms with van der Waals surface area (Å²) < 4.78 is 4.53. The summed E-state index contributed by atoms with van der Waals surface area (Å²) in [7, 11) is -1.34. The van der Waals surface area contributed by atoms with Gasteiger partial charge in [0.05, 0.1) is 42.1 Å². The molecule has 0 atom stereocenters. The minimum atomic E-state index is -1.34. The van der Waals surface area contributed by atoms with Crippen LogP contribution in [0.4, 0.5) is 0 Å². The maximum Gasteiger partial charge on any atom is 0.160 e. The number of rotatable bonds is 5. The van der Waals surface area contributed by atoms with Gasteiger partial charge in [-0.2, -0.15) is 5.26 Å². The lowest BCUT2D eigenvalue weighted by atomic mass is 10.1. The van der Waals surface area contributed by atoms with Gasteiger partial charge in [0.15, 0.2) is 5.82 Å². The molecule has 0 saturated heterocycles. The second kappa shape index (κ2) is 14.8. The number of fused-ring (bicyclic) bond motifs is 3. The Labute approximate surface area is 322 Å². The Hall–Kier alpha value is -5.13. The Balaban J connectivity index is 0.000000162. The Morgan fingerprint density at radius 1 is 0.596 bits per heavy atom. The highest BCUT2D eigenvalue weighted by Crippen LogP contribution is 2.33. The second-order valence-electron chi connectivity index (χ2n) is 13.8. The van der Waals surface area contributed by atoms with Crippen LogP contribution in [0.3, 0.4) is 0 Å². The lowest BCUT2D eigenvalue weighted by Crippen LogP contribution is -2.37. The van der Waals surface area contributed by atoms with Crippen molar-refractivity contribution >= 4 is 66.9 Å². The number of nitriles is 1. The molecule has 0 unspecified atom stereocenters. The summed E-state index contributed by atoms with van der Waals surface area (Å²) in [6, 6.07) is 52.0. The van der Waals surface area contributed by atoms with Crippen LogP contribution in [0.2, 0.25) is 19.6 Å². The molecule has 254 valence electrons. The summed E-state index contributed by atoms with van der Waals surface area (Å²) in [5.41, 5.74) is 10.1. The predicted octanol–water partition coefficient (Wildman–Crippen LogP) is 12.5. The molecule has 8 rings (SSSR count). The number of hydrogen-bond donors (Lipinski definition) is 0. The lowest BCUT2D eigenvalue weighted by molar-refractivity contribution is 1.17. The van der Waals surface area contributed by atoms with E-state index in [1.165, 1.54) is 38.2 Å². The first-order chi connectivity index (χ1) is 25.1. The van der Waals surface area contributed by atoms with E-state index < -0.39 is 8.07 Å². The summed E-state index contributed by atoms with van der Waals surface area (Å²) >= 11 is 7.14. The summed E-state index contributed by atoms with van der Waals surface area (Å²) in [5.74, 6) is 0.600. The Kier molecular flexibility index (Phi) is 10.1. The third kappa shape index (κ3) is 7.42. The van der Waals surface area contributed by atoms with Crippen molar-refractivity contribution in [3.63, 3.8) is 0 Å². The molecule has 0 spiro atoms. The molecule has 52 heavy (non-hydrogen) atoms. The van der Waals surface area contributed by atoms with E-state index in [1.807, 2.05) is 78.9 Å². The fourth-order valence-electron chi connectivity index (χ4n) is 6.34. The minimum Gasteiger partial charge on any atom is -0.309 e. The van der Waals surface area contributed by atoms with E-state index in [1.54, 1.807) is 6.07 Å². The fourth-order valence-corrected chi connectivity index (χ4v) is 8.15. The zero-order valence-corrected chi connectivity index (χ0v) is 33.6. The van der Waals surface area contributed by atoms with Crippen molar-refractivity contribution in [2.75, 3.05) is 0 Å². The van der Waals surface area contributed by atoms with Crippen LogP contribution < -0.4 is 5.19 Å². The Bertz CT molecular complexity index is 2620. The molecule has 2 heterocycles. The van der Waals surface area contributed by atoms with Crippen LogP contribution in [0.15, 0.2) is 155 Å². The first-order valence-corrected chi connectivity index (χ1v) is 22.2. The minimum absolute atomic E-state index is 0.588. The molecular formula is C45H36Br2N4Si. The molecular weight excluding hydrogens is 784 g/mol. The van der Waals surface area contributed by atoms with Crippen LogP contribution in [-0.2, 0) is 0 Å². The lowest BCUT2D eigenvalue weighted by Gasteiger charge is -2.17. The predicted molar refractivity (Wildman–Crippen MR) is 227 cm³/mol. The second-order valence-corrected chi connectivity index (χ2v) is 20.6. The van der Waals surface area contributed by atoms with Gasteiger partial charge in [-0.05, 0) is 73.2 Å². The van der Waals surface area contributed by atoms with Crippen LogP contribution in [0.5, 0.6) is 0 Å². The average Bonchev–Trinajstić information content (AvgIpc) is 3.50. The van der Waals surface area contributed by atoms with Crippen LogP contribution >= 0.6 is 31.9 Å². The maximum atomic E-state index is 9.21. The summed E-state index contributed by atoms with van der Waals surface area (Å²) in [4.78, 5) is 9.54. The Morgan fingerprint density at radius 2 is 1.27 bits per heavy atom. The van der Waals surface area contributed by atoms with Gasteiger partial charge in [0, 0.05) is 42.1 Å². The van der Waals surface area contributed by atoms with E-state index in [2.05, 4.69) is 130 Å². The number of para-hydroxylation sites is 1. The molecule has 0 aliphatic carbocycles. The van der Waals surface area contributed by atoms with Crippen LogP contribution in [-0.4, -0.2) is 22.6 Å². The van der Waals surface area contributed by atoms with Gasteiger partial charge in [0.1, 0.15) is 0 Å². The molecule has 0 aliphatic rings. The molecule has 0 N–H and O–H groups in total. The highest BCUT2D eigenvalue weighted by Gasteiger charge is 2.19. The number of halogens is 2. The van der Waals surface area contributed by atoms with E-state index >= 15 is 0 Å². The van der Waals surface area contributed by atoms with Crippen LogP contribution in [0.25, 0.3) is 61.4 Å². The summed E-state index contributed by atoms with van der Waals surface area (Å²) in [6.07, 6.45) is 0. The number of benzene rings is 6. The third-order valence-corrected chi connectivity index (χ3v) is 12.5. The van der Waals surface area contributed by atoms with Gasteiger partial charge in [-0.25, -0.2) is 9.97 Å². The third-order valence-electron chi connectivity index (χ3n) is 9.10. The van der Waals surface area contributed by atoms with Crippen molar-refractivity contribution in [2.45, 2.75) is 26.6 Å². The highest BCUT2D eigenvalue weighted by atomic mass is 79.9. The van der Waals surface area contributed by atoms with Crippen molar-refractivity contribution < 1.29 is 0 Å². The topological polar surface area (TPSA) is 54.5 Å². The molecule has 0 amide bonds. The molecule has 4 nitrogen and oxygen atoms in total. The molecule has 0 fully saturated rings. The molecule has 2 aromatic heterocycles. The number of aromatic nitrogens is 3. The molecule has 0 aliphatic heterocycles. The van der Waals surface area contributed by atoms with E-state index in [9.17, 15) is 5.26 Å². The smallest absolute Gasteiger partial charge is 0.160 e. The molecule has 7 heteroatoms. The van der Waals surface area contributed by atoms with Gasteiger partial charge in [0.25, 0.3) is 0 Å². The maximum absolute atomic E-state index is 9.21. The highest BCUT2D eigenvalue weighted by molar-refractivity contribution is 9.10. The molecule has 0 radical (unpaired) electrons. The normalized spacial score (nSPS) is 11.2. The van der Waals surface area contributed by atoms with E-state index in [4.69, 9.17) is 9.97 Å². The summed E-state index contributed by atoms with van der Waals surface area (Å²) in [5, 5.41) is 13.4. The first kappa shape index (κ1) is 35.3. The van der Waals surface area contributed by atoms with Gasteiger partial charge in [-0.1, -0.05) is 142 Å². The van der Waals surface area contributed by atoms with Crippen LogP contribution in [0.1, 0.15) is 11.1 Å². The van der Waals surface area contributed by atoms with Gasteiger partial charge < -0.3 is 4.57 Å². The monoisotopic (exact) mass is 818 g/mol. The molecule has 0 bridgehead atoms. The van der Waals surface area contributed by atoms with E-state index in [0.29, 0.717) is 11.4 Å². The first-order valence-electron chi connectivity index (χ1n) is 17.1. The SMILES string of the molecule is Cc1cc(-n2c3ccccc3c3cc([Si](C)(C)C)ccc32)ccc1Br.N#Cc1cccc(-c2nc(-c3ccccc3)cc(-c3cccc(Br)c3)n2)c1. The Morgan fingerprint density at radius 3 is 2.00 bits per heavy atom. The summed E-state index contributed by atoms with van der Waals surface area (Å²) in [6.45, 7) is 9.37. The number of nitrogens with zero attached hydrogens (tertiary/aromatic N) is 4.